The normalized spacial score (nSPS) is 10.5. The van der Waals surface area contributed by atoms with Gasteiger partial charge < -0.3 is 10.6 Å². The van der Waals surface area contributed by atoms with Gasteiger partial charge in [0.2, 0.25) is 5.95 Å². The maximum atomic E-state index is 6.14. The molecule has 24 heavy (non-hydrogen) atoms. The van der Waals surface area contributed by atoms with Crippen LogP contribution in [0.4, 0.5) is 23.1 Å². The Bertz CT molecular complexity index is 859. The second-order valence-corrected chi connectivity index (χ2v) is 6.00. The second kappa shape index (κ2) is 6.84. The van der Waals surface area contributed by atoms with Gasteiger partial charge in [0.15, 0.2) is 5.82 Å². The van der Waals surface area contributed by atoms with Crippen LogP contribution >= 0.6 is 11.6 Å². The molecule has 1 aromatic heterocycles. The molecule has 0 saturated heterocycles. The van der Waals surface area contributed by atoms with Crippen molar-refractivity contribution in [2.75, 3.05) is 10.6 Å². The average molecular weight is 340 g/mol. The van der Waals surface area contributed by atoms with Gasteiger partial charge in [-0.25, -0.2) is 0 Å². The first-order valence-electron chi connectivity index (χ1n) is 7.59. The van der Waals surface area contributed by atoms with Crippen LogP contribution in [-0.4, -0.2) is 15.2 Å². The molecule has 0 aliphatic carbocycles. The van der Waals surface area contributed by atoms with Gasteiger partial charge in [0.25, 0.3) is 0 Å². The third kappa shape index (κ3) is 3.46. The number of aryl methyl sites for hydroxylation is 2. The van der Waals surface area contributed by atoms with Crippen LogP contribution < -0.4 is 10.6 Å². The zero-order valence-corrected chi connectivity index (χ0v) is 14.5. The molecule has 0 aliphatic rings. The second-order valence-electron chi connectivity index (χ2n) is 5.59. The molecular formula is C18H18ClN5. The molecule has 0 fully saturated rings. The highest BCUT2D eigenvalue weighted by molar-refractivity contribution is 6.31. The summed E-state index contributed by atoms with van der Waals surface area (Å²) in [5.74, 6) is 1.04. The first-order valence-corrected chi connectivity index (χ1v) is 7.97. The van der Waals surface area contributed by atoms with Crippen LogP contribution in [0.1, 0.15) is 16.7 Å². The molecule has 2 aromatic carbocycles. The van der Waals surface area contributed by atoms with Crippen molar-refractivity contribution in [3.63, 3.8) is 0 Å². The highest BCUT2D eigenvalue weighted by Crippen LogP contribution is 2.26. The van der Waals surface area contributed by atoms with E-state index < -0.39 is 0 Å². The fourth-order valence-corrected chi connectivity index (χ4v) is 2.59. The summed E-state index contributed by atoms with van der Waals surface area (Å²) in [6.45, 7) is 6.05. The lowest BCUT2D eigenvalue weighted by Gasteiger charge is -2.13. The molecule has 2 N–H and O–H groups in total. The molecule has 0 unspecified atom stereocenters. The molecule has 0 bridgehead atoms. The Morgan fingerprint density at radius 3 is 2.38 bits per heavy atom. The Morgan fingerprint density at radius 1 is 0.917 bits per heavy atom. The summed E-state index contributed by atoms with van der Waals surface area (Å²) in [6, 6.07) is 11.8. The van der Waals surface area contributed by atoms with E-state index in [1.807, 2.05) is 31.2 Å². The van der Waals surface area contributed by atoms with E-state index in [1.165, 1.54) is 0 Å². The van der Waals surface area contributed by atoms with Crippen LogP contribution in [-0.2, 0) is 0 Å². The summed E-state index contributed by atoms with van der Waals surface area (Å²) in [7, 11) is 0. The molecule has 0 spiro atoms. The van der Waals surface area contributed by atoms with Gasteiger partial charge in [-0.05, 0) is 49.6 Å². The molecule has 0 atom stereocenters. The number of anilines is 4. The summed E-state index contributed by atoms with van der Waals surface area (Å²) in [5, 5.41) is 15.2. The Balaban J connectivity index is 1.86. The monoisotopic (exact) mass is 339 g/mol. The molecule has 1 heterocycles. The van der Waals surface area contributed by atoms with Crippen molar-refractivity contribution in [3.8, 4) is 0 Å². The number of para-hydroxylation sites is 1. The first-order chi connectivity index (χ1) is 11.5. The van der Waals surface area contributed by atoms with Crippen molar-refractivity contribution in [1.82, 2.24) is 15.2 Å². The Morgan fingerprint density at radius 2 is 1.62 bits per heavy atom. The molecule has 3 rings (SSSR count). The van der Waals surface area contributed by atoms with Crippen LogP contribution in [0, 0.1) is 20.8 Å². The molecule has 0 amide bonds. The smallest absolute Gasteiger partial charge is 0.249 e. The maximum Gasteiger partial charge on any atom is 0.249 e. The van der Waals surface area contributed by atoms with Gasteiger partial charge in [-0.2, -0.15) is 10.1 Å². The molecule has 6 heteroatoms. The van der Waals surface area contributed by atoms with Crippen molar-refractivity contribution in [1.29, 1.82) is 0 Å². The third-order valence-electron chi connectivity index (χ3n) is 3.81. The number of hydrogen-bond donors (Lipinski definition) is 2. The van der Waals surface area contributed by atoms with Gasteiger partial charge in [-0.1, -0.05) is 35.9 Å². The highest BCUT2D eigenvalue weighted by Gasteiger charge is 2.07. The van der Waals surface area contributed by atoms with Crippen LogP contribution in [0.5, 0.6) is 0 Å². The Hall–Kier alpha value is -2.66. The van der Waals surface area contributed by atoms with E-state index in [-0.39, 0.29) is 0 Å². The Kier molecular flexibility index (Phi) is 4.62. The molecule has 122 valence electrons. The molecule has 5 nitrogen and oxygen atoms in total. The zero-order chi connectivity index (χ0) is 17.1. The van der Waals surface area contributed by atoms with Crippen molar-refractivity contribution in [2.45, 2.75) is 20.8 Å². The largest absolute Gasteiger partial charge is 0.338 e. The average Bonchev–Trinajstić information content (AvgIpc) is 2.56. The number of halogens is 1. The summed E-state index contributed by atoms with van der Waals surface area (Å²) >= 11 is 6.14. The summed E-state index contributed by atoms with van der Waals surface area (Å²) < 4.78 is 0. The fraction of sp³-hybridized carbons (Fsp3) is 0.167. The third-order valence-corrected chi connectivity index (χ3v) is 4.22. The van der Waals surface area contributed by atoms with Crippen molar-refractivity contribution >= 4 is 34.7 Å². The molecule has 3 aromatic rings. The van der Waals surface area contributed by atoms with Crippen molar-refractivity contribution in [2.24, 2.45) is 0 Å². The van der Waals surface area contributed by atoms with Crippen LogP contribution in [0.3, 0.4) is 0 Å². The van der Waals surface area contributed by atoms with Crippen LogP contribution in [0.2, 0.25) is 5.02 Å². The van der Waals surface area contributed by atoms with E-state index in [0.29, 0.717) is 16.8 Å². The van der Waals surface area contributed by atoms with Gasteiger partial charge in [0.05, 0.1) is 6.20 Å². The number of nitrogens with one attached hydrogen (secondary N) is 2. The van der Waals surface area contributed by atoms with Gasteiger partial charge in [0.1, 0.15) is 0 Å². The van der Waals surface area contributed by atoms with Gasteiger partial charge in [-0.15, -0.1) is 5.10 Å². The summed E-state index contributed by atoms with van der Waals surface area (Å²) in [6.07, 6.45) is 1.60. The lowest BCUT2D eigenvalue weighted by molar-refractivity contribution is 0.981. The topological polar surface area (TPSA) is 62.7 Å². The molecule has 0 saturated carbocycles. The highest BCUT2D eigenvalue weighted by atomic mass is 35.5. The van der Waals surface area contributed by atoms with Gasteiger partial charge in [-0.3, -0.25) is 0 Å². The Labute approximate surface area is 146 Å². The minimum Gasteiger partial charge on any atom is -0.338 e. The molecule has 0 radical (unpaired) electrons. The van der Waals surface area contributed by atoms with Crippen LogP contribution in [0.25, 0.3) is 0 Å². The minimum absolute atomic E-state index is 0.414. The van der Waals surface area contributed by atoms with E-state index >= 15 is 0 Å². The van der Waals surface area contributed by atoms with E-state index in [9.17, 15) is 0 Å². The number of nitrogens with zero attached hydrogens (tertiary/aromatic N) is 3. The molecular weight excluding hydrogens is 322 g/mol. The van der Waals surface area contributed by atoms with Crippen LogP contribution in [0.15, 0.2) is 42.6 Å². The van der Waals surface area contributed by atoms with Crippen molar-refractivity contribution in [3.05, 3.63) is 64.3 Å². The minimum atomic E-state index is 0.414. The first kappa shape index (κ1) is 16.2. The standard InChI is InChI=1S/C18H18ClN5/c1-11-6-4-7-12(2)17(11)22-16-10-20-24-18(23-16)21-15-9-5-8-14(19)13(15)3/h4-10H,1-3H3,(H2,21,22,23,24). The zero-order valence-electron chi connectivity index (χ0n) is 13.8. The van der Waals surface area contributed by atoms with E-state index in [2.05, 4.69) is 51.8 Å². The van der Waals surface area contributed by atoms with Gasteiger partial charge >= 0.3 is 0 Å². The summed E-state index contributed by atoms with van der Waals surface area (Å²) in [5.41, 5.74) is 5.12. The van der Waals surface area contributed by atoms with E-state index in [1.54, 1.807) is 6.20 Å². The predicted molar refractivity (Wildman–Crippen MR) is 98.5 cm³/mol. The molecule has 0 aliphatic heterocycles. The predicted octanol–water partition coefficient (Wildman–Crippen LogP) is 4.94. The maximum absolute atomic E-state index is 6.14. The van der Waals surface area contributed by atoms with Gasteiger partial charge in [0, 0.05) is 16.4 Å². The SMILES string of the molecule is Cc1cccc(C)c1Nc1cnnc(Nc2cccc(Cl)c2C)n1. The number of rotatable bonds is 4. The number of benzene rings is 2. The fourth-order valence-electron chi connectivity index (χ4n) is 2.42. The quantitative estimate of drug-likeness (QED) is 0.705. The lowest BCUT2D eigenvalue weighted by atomic mass is 10.1. The van der Waals surface area contributed by atoms with E-state index in [0.717, 1.165) is 28.1 Å². The number of aromatic nitrogens is 3. The summed E-state index contributed by atoms with van der Waals surface area (Å²) in [4.78, 5) is 4.48. The van der Waals surface area contributed by atoms with Crippen molar-refractivity contribution < 1.29 is 0 Å². The lowest BCUT2D eigenvalue weighted by Crippen LogP contribution is -2.04. The number of hydrogen-bond acceptors (Lipinski definition) is 5. The van der Waals surface area contributed by atoms with E-state index in [4.69, 9.17) is 11.6 Å².